The highest BCUT2D eigenvalue weighted by Gasteiger charge is 2.32. The van der Waals surface area contributed by atoms with Crippen LogP contribution in [0.3, 0.4) is 0 Å². The predicted octanol–water partition coefficient (Wildman–Crippen LogP) is 3.21. The Balaban J connectivity index is 1.75. The van der Waals surface area contributed by atoms with Crippen LogP contribution in [0.4, 0.5) is 24.9 Å². The molecule has 0 unspecified atom stereocenters. The molecule has 0 saturated carbocycles. The van der Waals surface area contributed by atoms with E-state index in [1.165, 1.54) is 12.3 Å². The third kappa shape index (κ3) is 2.67. The molecule has 4 aromatic rings. The van der Waals surface area contributed by atoms with Crippen molar-refractivity contribution in [2.75, 3.05) is 11.5 Å². The van der Waals surface area contributed by atoms with Crippen molar-refractivity contribution in [2.24, 2.45) is 0 Å². The topological polar surface area (TPSA) is 95.6 Å². The van der Waals surface area contributed by atoms with Crippen molar-refractivity contribution in [1.29, 1.82) is 0 Å². The summed E-state index contributed by atoms with van der Waals surface area (Å²) in [7, 11) is 0. The van der Waals surface area contributed by atoms with Gasteiger partial charge in [-0.25, -0.2) is 4.98 Å². The Morgan fingerprint density at radius 2 is 1.81 bits per heavy atom. The zero-order chi connectivity index (χ0) is 18.5. The molecule has 0 bridgehead atoms. The maximum Gasteiger partial charge on any atom is 0.433 e. The third-order valence-electron chi connectivity index (χ3n) is 4.13. The van der Waals surface area contributed by atoms with E-state index in [0.717, 1.165) is 17.0 Å². The summed E-state index contributed by atoms with van der Waals surface area (Å²) in [6.45, 7) is 0.371. The second kappa shape index (κ2) is 5.58. The van der Waals surface area contributed by atoms with Crippen molar-refractivity contribution >= 4 is 33.6 Å². The number of hydrogen-bond acceptors (Lipinski definition) is 5. The third-order valence-corrected chi connectivity index (χ3v) is 4.13. The minimum Gasteiger partial charge on any atom is -0.383 e. The van der Waals surface area contributed by atoms with Crippen molar-refractivity contribution in [2.45, 2.75) is 12.7 Å². The van der Waals surface area contributed by atoms with E-state index in [4.69, 9.17) is 11.5 Å². The highest BCUT2D eigenvalue weighted by atomic mass is 19.4. The van der Waals surface area contributed by atoms with Gasteiger partial charge in [-0.15, -0.1) is 0 Å². The first-order valence-electron chi connectivity index (χ1n) is 7.65. The Kier molecular flexibility index (Phi) is 3.46. The van der Waals surface area contributed by atoms with Crippen LogP contribution in [0.1, 0.15) is 11.3 Å². The van der Waals surface area contributed by atoms with Gasteiger partial charge in [0.2, 0.25) is 5.95 Å². The van der Waals surface area contributed by atoms with Crippen LogP contribution in [0.15, 0.2) is 42.7 Å². The van der Waals surface area contributed by atoms with Crippen LogP contribution in [0.5, 0.6) is 0 Å². The Morgan fingerprint density at radius 3 is 2.50 bits per heavy atom. The van der Waals surface area contributed by atoms with Crippen LogP contribution in [0.25, 0.3) is 21.8 Å². The molecule has 0 amide bonds. The van der Waals surface area contributed by atoms with Crippen LogP contribution < -0.4 is 11.5 Å². The molecular weight excluding hydrogens is 345 g/mol. The Morgan fingerprint density at radius 1 is 1.00 bits per heavy atom. The predicted molar refractivity (Wildman–Crippen MR) is 92.2 cm³/mol. The van der Waals surface area contributed by atoms with Gasteiger partial charge in [0.05, 0.1) is 10.9 Å². The summed E-state index contributed by atoms with van der Waals surface area (Å²) in [5.74, 6) is 0.386. The number of fused-ring (bicyclic) bond motifs is 3. The molecule has 3 heterocycles. The number of nitrogens with two attached hydrogens (primary N) is 2. The van der Waals surface area contributed by atoms with Gasteiger partial charge < -0.3 is 16.0 Å². The molecule has 0 aliphatic carbocycles. The van der Waals surface area contributed by atoms with Gasteiger partial charge >= 0.3 is 6.18 Å². The molecule has 6 nitrogen and oxygen atoms in total. The number of hydrogen-bond donors (Lipinski definition) is 2. The van der Waals surface area contributed by atoms with Crippen LogP contribution in [-0.4, -0.2) is 19.5 Å². The van der Waals surface area contributed by atoms with Gasteiger partial charge in [0.15, 0.2) is 0 Å². The summed E-state index contributed by atoms with van der Waals surface area (Å²) in [5.41, 5.74) is 12.8. The molecule has 4 N–H and O–H groups in total. The number of anilines is 2. The molecule has 26 heavy (non-hydrogen) atoms. The lowest BCUT2D eigenvalue weighted by Gasteiger charge is -2.09. The smallest absolute Gasteiger partial charge is 0.383 e. The van der Waals surface area contributed by atoms with Gasteiger partial charge in [-0.1, -0.05) is 6.07 Å². The number of pyridine rings is 1. The average molecular weight is 358 g/mol. The lowest BCUT2D eigenvalue weighted by Crippen LogP contribution is -2.08. The van der Waals surface area contributed by atoms with E-state index in [1.807, 2.05) is 22.9 Å². The molecule has 1 aromatic carbocycles. The van der Waals surface area contributed by atoms with E-state index in [2.05, 4.69) is 15.0 Å². The second-order valence-electron chi connectivity index (χ2n) is 5.85. The summed E-state index contributed by atoms with van der Waals surface area (Å²) >= 11 is 0. The second-order valence-corrected chi connectivity index (χ2v) is 5.85. The van der Waals surface area contributed by atoms with Crippen LogP contribution in [0, 0.1) is 0 Å². The monoisotopic (exact) mass is 358 g/mol. The van der Waals surface area contributed by atoms with Gasteiger partial charge in [0.1, 0.15) is 11.5 Å². The van der Waals surface area contributed by atoms with E-state index < -0.39 is 11.9 Å². The largest absolute Gasteiger partial charge is 0.433 e. The fourth-order valence-electron chi connectivity index (χ4n) is 2.97. The highest BCUT2D eigenvalue weighted by Crippen LogP contribution is 2.30. The zero-order valence-electron chi connectivity index (χ0n) is 13.3. The number of benzene rings is 1. The molecule has 0 aliphatic heterocycles. The Bertz CT molecular complexity index is 1120. The highest BCUT2D eigenvalue weighted by molar-refractivity contribution is 6.10. The molecule has 132 valence electrons. The minimum absolute atomic E-state index is 0.101. The van der Waals surface area contributed by atoms with E-state index in [1.54, 1.807) is 6.07 Å². The lowest BCUT2D eigenvalue weighted by molar-refractivity contribution is -0.141. The maximum absolute atomic E-state index is 12.6. The number of nitrogens with zero attached hydrogens (tertiary/aromatic N) is 4. The minimum atomic E-state index is -4.45. The van der Waals surface area contributed by atoms with Gasteiger partial charge in [-0.2, -0.15) is 18.2 Å². The quantitative estimate of drug-likeness (QED) is 0.574. The number of alkyl halides is 3. The first kappa shape index (κ1) is 16.1. The van der Waals surface area contributed by atoms with E-state index in [0.29, 0.717) is 23.0 Å². The van der Waals surface area contributed by atoms with Crippen molar-refractivity contribution in [3.05, 3.63) is 54.0 Å². The van der Waals surface area contributed by atoms with Crippen LogP contribution >= 0.6 is 0 Å². The molecule has 0 radical (unpaired) electrons. The molecule has 9 heteroatoms. The zero-order valence-corrected chi connectivity index (χ0v) is 13.3. The molecule has 4 rings (SSSR count). The number of rotatable bonds is 2. The van der Waals surface area contributed by atoms with Gasteiger partial charge in [0.25, 0.3) is 0 Å². The summed E-state index contributed by atoms with van der Waals surface area (Å²) in [4.78, 5) is 11.7. The molecule has 0 spiro atoms. The number of aromatic nitrogens is 4. The summed E-state index contributed by atoms with van der Waals surface area (Å²) in [5, 5.41) is 1.54. The molecular formula is C17H13F3N6. The normalized spacial score (nSPS) is 12.1. The molecule has 0 atom stereocenters. The van der Waals surface area contributed by atoms with Gasteiger partial charge in [-0.3, -0.25) is 4.98 Å². The fourth-order valence-corrected chi connectivity index (χ4v) is 2.97. The summed E-state index contributed by atoms with van der Waals surface area (Å²) in [6.07, 6.45) is -1.39. The average Bonchev–Trinajstić information content (AvgIpc) is 2.97. The van der Waals surface area contributed by atoms with Crippen LogP contribution in [-0.2, 0) is 12.7 Å². The molecule has 0 aliphatic rings. The first-order chi connectivity index (χ1) is 12.3. The van der Waals surface area contributed by atoms with E-state index in [9.17, 15) is 13.2 Å². The van der Waals surface area contributed by atoms with Crippen molar-refractivity contribution in [3.8, 4) is 0 Å². The lowest BCUT2D eigenvalue weighted by atomic mass is 10.1. The van der Waals surface area contributed by atoms with Crippen molar-refractivity contribution < 1.29 is 13.2 Å². The summed E-state index contributed by atoms with van der Waals surface area (Å²) in [6, 6.07) is 7.91. The molecule has 0 saturated heterocycles. The molecule has 3 aromatic heterocycles. The number of nitrogen functional groups attached to an aromatic ring is 2. The van der Waals surface area contributed by atoms with Crippen LogP contribution in [0.2, 0.25) is 0 Å². The fraction of sp³-hybridized carbons (Fsp3) is 0.118. The first-order valence-corrected chi connectivity index (χ1v) is 7.65. The Hall–Kier alpha value is -3.36. The van der Waals surface area contributed by atoms with E-state index in [-0.39, 0.29) is 11.8 Å². The Labute approximate surface area is 145 Å². The maximum atomic E-state index is 12.6. The van der Waals surface area contributed by atoms with Gasteiger partial charge in [-0.05, 0) is 29.8 Å². The van der Waals surface area contributed by atoms with Crippen molar-refractivity contribution in [1.82, 2.24) is 19.5 Å². The van der Waals surface area contributed by atoms with Gasteiger partial charge in [0, 0.05) is 29.8 Å². The van der Waals surface area contributed by atoms with Crippen molar-refractivity contribution in [3.63, 3.8) is 0 Å². The molecule has 0 fully saturated rings. The standard InChI is InChI=1S/C17H13F3N6/c18-17(19,20)13-4-1-9(7-23-13)8-26-6-5-10-12(26)3-2-11-14(10)15(21)25-16(22)24-11/h1-7H,8H2,(H4,21,22,24,25). The van der Waals surface area contributed by atoms with E-state index >= 15 is 0 Å². The summed E-state index contributed by atoms with van der Waals surface area (Å²) < 4.78 is 39.8. The number of halogens is 3. The SMILES string of the molecule is Nc1nc(N)c2c(ccc3c2ccn3Cc2ccc(C(F)(F)F)nc2)n1.